The van der Waals surface area contributed by atoms with Gasteiger partial charge in [0.25, 0.3) is 0 Å². The first-order valence-corrected chi connectivity index (χ1v) is 7.12. The maximum atomic E-state index is 12.2. The number of anilines is 1. The highest BCUT2D eigenvalue weighted by molar-refractivity contribution is 5.96. The minimum absolute atomic E-state index is 0.0215. The van der Waals surface area contributed by atoms with Crippen molar-refractivity contribution in [3.05, 3.63) is 54.5 Å². The first-order chi connectivity index (χ1) is 10.7. The minimum Gasteiger partial charge on any atom is -0.336 e. The maximum Gasteiger partial charge on any atom is 0.230 e. The normalized spacial score (nSPS) is 17.5. The van der Waals surface area contributed by atoms with Gasteiger partial charge in [-0.05, 0) is 24.3 Å². The third-order valence-electron chi connectivity index (χ3n) is 3.58. The van der Waals surface area contributed by atoms with E-state index >= 15 is 0 Å². The van der Waals surface area contributed by atoms with Gasteiger partial charge in [0.1, 0.15) is 5.82 Å². The fraction of sp³-hybridized carbons (Fsp3) is 0.250. The molecule has 2 amide bonds. The smallest absolute Gasteiger partial charge is 0.230 e. The first kappa shape index (κ1) is 14.2. The Bertz CT molecular complexity index is 660. The number of aromatic nitrogens is 2. The van der Waals surface area contributed by atoms with E-state index in [1.54, 1.807) is 35.5 Å². The quantitative estimate of drug-likeness (QED) is 0.927. The molecular weight excluding hydrogens is 280 g/mol. The molecule has 2 aromatic rings. The SMILES string of the molecule is O=C(Nc1ccccn1)[C@@H]1CC(=O)N(Cc2ccccn2)C1. The van der Waals surface area contributed by atoms with E-state index in [2.05, 4.69) is 15.3 Å². The summed E-state index contributed by atoms with van der Waals surface area (Å²) in [6.45, 7) is 0.848. The standard InChI is InChI=1S/C16H16N4O2/c21-15-9-12(16(22)19-14-6-2-4-8-18-14)10-20(15)11-13-5-1-3-7-17-13/h1-8,12H,9-11H2,(H,18,19,22)/t12-/m1/s1. The highest BCUT2D eigenvalue weighted by Gasteiger charge is 2.34. The number of likely N-dealkylation sites (tertiary alicyclic amines) is 1. The summed E-state index contributed by atoms with van der Waals surface area (Å²) >= 11 is 0. The van der Waals surface area contributed by atoms with Crippen molar-refractivity contribution in [3.63, 3.8) is 0 Å². The number of nitrogens with zero attached hydrogens (tertiary/aromatic N) is 3. The number of pyridine rings is 2. The molecule has 1 N–H and O–H groups in total. The van der Waals surface area contributed by atoms with Gasteiger partial charge >= 0.3 is 0 Å². The van der Waals surface area contributed by atoms with Gasteiger partial charge in [-0.1, -0.05) is 12.1 Å². The molecule has 3 rings (SSSR count). The van der Waals surface area contributed by atoms with Crippen LogP contribution in [0.15, 0.2) is 48.8 Å². The van der Waals surface area contributed by atoms with E-state index in [0.29, 0.717) is 18.9 Å². The average Bonchev–Trinajstić information content (AvgIpc) is 2.90. The molecule has 1 atom stereocenters. The number of hydrogen-bond donors (Lipinski definition) is 1. The van der Waals surface area contributed by atoms with Crippen LogP contribution < -0.4 is 5.32 Å². The molecule has 22 heavy (non-hydrogen) atoms. The Balaban J connectivity index is 1.60. The van der Waals surface area contributed by atoms with Crippen molar-refractivity contribution in [2.24, 2.45) is 5.92 Å². The second kappa shape index (κ2) is 6.34. The van der Waals surface area contributed by atoms with Crippen molar-refractivity contribution >= 4 is 17.6 Å². The van der Waals surface area contributed by atoms with E-state index < -0.39 is 0 Å². The lowest BCUT2D eigenvalue weighted by Crippen LogP contribution is -2.28. The van der Waals surface area contributed by atoms with Crippen molar-refractivity contribution in [2.75, 3.05) is 11.9 Å². The van der Waals surface area contributed by atoms with Crippen molar-refractivity contribution in [1.82, 2.24) is 14.9 Å². The van der Waals surface area contributed by atoms with Gasteiger partial charge in [0.15, 0.2) is 0 Å². The largest absolute Gasteiger partial charge is 0.336 e. The Morgan fingerprint density at radius 3 is 2.64 bits per heavy atom. The highest BCUT2D eigenvalue weighted by atomic mass is 16.2. The van der Waals surface area contributed by atoms with Gasteiger partial charge in [0.05, 0.1) is 18.2 Å². The Labute approximate surface area is 128 Å². The van der Waals surface area contributed by atoms with Crippen molar-refractivity contribution in [1.29, 1.82) is 0 Å². The van der Waals surface area contributed by atoms with Crippen LogP contribution in [0.3, 0.4) is 0 Å². The summed E-state index contributed by atoms with van der Waals surface area (Å²) in [7, 11) is 0. The molecule has 0 spiro atoms. The maximum absolute atomic E-state index is 12.2. The van der Waals surface area contributed by atoms with Gasteiger partial charge in [0, 0.05) is 25.4 Å². The van der Waals surface area contributed by atoms with Crippen LogP contribution in [-0.2, 0) is 16.1 Å². The molecule has 2 aromatic heterocycles. The lowest BCUT2D eigenvalue weighted by atomic mass is 10.1. The number of nitrogens with one attached hydrogen (secondary N) is 1. The third-order valence-corrected chi connectivity index (χ3v) is 3.58. The van der Waals surface area contributed by atoms with Gasteiger partial charge in [-0.25, -0.2) is 4.98 Å². The Kier molecular flexibility index (Phi) is 4.09. The van der Waals surface area contributed by atoms with Crippen LogP contribution in [0.1, 0.15) is 12.1 Å². The predicted molar refractivity (Wildman–Crippen MR) is 80.6 cm³/mol. The molecule has 0 radical (unpaired) electrons. The summed E-state index contributed by atoms with van der Waals surface area (Å²) < 4.78 is 0. The summed E-state index contributed by atoms with van der Waals surface area (Å²) in [5, 5.41) is 2.74. The van der Waals surface area contributed by atoms with E-state index in [4.69, 9.17) is 0 Å². The van der Waals surface area contributed by atoms with Crippen molar-refractivity contribution in [2.45, 2.75) is 13.0 Å². The summed E-state index contributed by atoms with van der Waals surface area (Å²) in [5.74, 6) is -0.0382. The van der Waals surface area contributed by atoms with Gasteiger partial charge in [-0.15, -0.1) is 0 Å². The van der Waals surface area contributed by atoms with Crippen LogP contribution in [0.5, 0.6) is 0 Å². The Morgan fingerprint density at radius 1 is 1.18 bits per heavy atom. The fourth-order valence-corrected chi connectivity index (χ4v) is 2.45. The van der Waals surface area contributed by atoms with Gasteiger partial charge in [-0.3, -0.25) is 14.6 Å². The summed E-state index contributed by atoms with van der Waals surface area (Å²) in [4.78, 5) is 34.2. The summed E-state index contributed by atoms with van der Waals surface area (Å²) in [5.41, 5.74) is 0.821. The number of carbonyl (C=O) groups excluding carboxylic acids is 2. The zero-order chi connectivity index (χ0) is 15.4. The molecule has 1 aliphatic rings. The lowest BCUT2D eigenvalue weighted by Gasteiger charge is -2.15. The van der Waals surface area contributed by atoms with Crippen LogP contribution >= 0.6 is 0 Å². The molecule has 6 heteroatoms. The number of rotatable bonds is 4. The van der Waals surface area contributed by atoms with Gasteiger partial charge in [0.2, 0.25) is 11.8 Å². The molecular formula is C16H16N4O2. The molecule has 0 bridgehead atoms. The van der Waals surface area contributed by atoms with Crippen LogP contribution in [0.2, 0.25) is 0 Å². The first-order valence-electron chi connectivity index (χ1n) is 7.12. The van der Waals surface area contributed by atoms with E-state index in [9.17, 15) is 9.59 Å². The topological polar surface area (TPSA) is 75.2 Å². The van der Waals surface area contributed by atoms with E-state index in [-0.39, 0.29) is 24.2 Å². The van der Waals surface area contributed by atoms with Gasteiger partial charge in [-0.2, -0.15) is 0 Å². The fourth-order valence-electron chi connectivity index (χ4n) is 2.45. The number of amides is 2. The molecule has 3 heterocycles. The summed E-state index contributed by atoms with van der Waals surface area (Å²) in [6.07, 6.45) is 3.54. The Hall–Kier alpha value is -2.76. The second-order valence-corrected chi connectivity index (χ2v) is 5.20. The zero-order valence-corrected chi connectivity index (χ0v) is 12.0. The average molecular weight is 296 g/mol. The van der Waals surface area contributed by atoms with Crippen molar-refractivity contribution in [3.8, 4) is 0 Å². The molecule has 6 nitrogen and oxygen atoms in total. The number of hydrogen-bond acceptors (Lipinski definition) is 4. The molecule has 1 fully saturated rings. The highest BCUT2D eigenvalue weighted by Crippen LogP contribution is 2.21. The lowest BCUT2D eigenvalue weighted by molar-refractivity contribution is -0.128. The molecule has 0 unspecified atom stereocenters. The molecule has 1 saturated heterocycles. The third kappa shape index (κ3) is 3.28. The van der Waals surface area contributed by atoms with Crippen molar-refractivity contribution < 1.29 is 9.59 Å². The molecule has 0 aromatic carbocycles. The minimum atomic E-state index is -0.349. The molecule has 112 valence electrons. The molecule has 0 saturated carbocycles. The number of carbonyl (C=O) groups is 2. The van der Waals surface area contributed by atoms with Crippen LogP contribution in [0, 0.1) is 5.92 Å². The van der Waals surface area contributed by atoms with E-state index in [0.717, 1.165) is 5.69 Å². The van der Waals surface area contributed by atoms with E-state index in [1.807, 2.05) is 18.2 Å². The molecule has 1 aliphatic heterocycles. The second-order valence-electron chi connectivity index (χ2n) is 5.20. The van der Waals surface area contributed by atoms with E-state index in [1.165, 1.54) is 0 Å². The monoisotopic (exact) mass is 296 g/mol. The Morgan fingerprint density at radius 2 is 1.95 bits per heavy atom. The van der Waals surface area contributed by atoms with Crippen LogP contribution in [-0.4, -0.2) is 33.2 Å². The van der Waals surface area contributed by atoms with Crippen LogP contribution in [0.25, 0.3) is 0 Å². The predicted octanol–water partition coefficient (Wildman–Crippen LogP) is 1.46. The molecule has 0 aliphatic carbocycles. The van der Waals surface area contributed by atoms with Gasteiger partial charge < -0.3 is 10.2 Å². The zero-order valence-electron chi connectivity index (χ0n) is 12.0. The summed E-state index contributed by atoms with van der Waals surface area (Å²) in [6, 6.07) is 10.9. The van der Waals surface area contributed by atoms with Crippen LogP contribution in [0.4, 0.5) is 5.82 Å².